The van der Waals surface area contributed by atoms with Crippen LogP contribution in [0.5, 0.6) is 0 Å². The number of carbonyl (C=O) groups is 3. The normalized spacial score (nSPS) is 15.0. The number of nitrogens with zero attached hydrogens (tertiary/aromatic N) is 25. The van der Waals surface area contributed by atoms with Crippen molar-refractivity contribution in [2.24, 2.45) is 0 Å². The van der Waals surface area contributed by atoms with E-state index in [1.54, 1.807) is 52.4 Å². The van der Waals surface area contributed by atoms with Crippen molar-refractivity contribution < 1.29 is 42.5 Å². The Balaban J connectivity index is 0.000000152. The Morgan fingerprint density at radius 3 is 1.13 bits per heavy atom. The van der Waals surface area contributed by atoms with Crippen molar-refractivity contribution in [2.75, 3.05) is 168 Å². The van der Waals surface area contributed by atoms with E-state index < -0.39 is 5.60 Å². The molecule has 5 aliphatic rings. The van der Waals surface area contributed by atoms with Gasteiger partial charge in [-0.1, -0.05) is 54.8 Å². The molecule has 5 saturated heterocycles. The highest BCUT2D eigenvalue weighted by molar-refractivity contribution is 7.17. The van der Waals surface area contributed by atoms with Crippen molar-refractivity contribution >= 4 is 143 Å². The number of aliphatic hydroxyl groups is 2. The molecule has 5 aliphatic heterocycles. The Morgan fingerprint density at radius 1 is 0.500 bits per heavy atom. The molecule has 17 rings (SSSR count). The Hall–Kier alpha value is -11.9. The number of alkyl halides is 1. The van der Waals surface area contributed by atoms with E-state index in [4.69, 9.17) is 51.3 Å². The number of aliphatic hydroxyl groups excluding tert-OH is 2. The van der Waals surface area contributed by atoms with Crippen molar-refractivity contribution in [3.05, 3.63) is 159 Å². The molecule has 3 aromatic carbocycles. The lowest BCUT2D eigenvalue weighted by molar-refractivity contribution is -0.142. The predicted octanol–water partition coefficient (Wildman–Crippen LogP) is 11.2. The lowest BCUT2D eigenvalue weighted by atomic mass is 10.1. The van der Waals surface area contributed by atoms with Gasteiger partial charge in [-0.05, 0) is 113 Å². The second kappa shape index (κ2) is 39.3. The highest BCUT2D eigenvalue weighted by Gasteiger charge is 2.34. The van der Waals surface area contributed by atoms with E-state index >= 15 is 0 Å². The van der Waals surface area contributed by atoms with Crippen molar-refractivity contribution in [3.63, 3.8) is 0 Å². The standard InChI is InChI=1S/C28H30FN9O2S.C28H31FN8O2S.C23H23FN8S.C5H8ClNO2.ClH/c1-3-22-26(34(2)28-33-25(23(12-30)41-28)18-4-6-19(29)7-5-18)38-14-20(13-31-27(38)32-22)36-10-8-35(9-11-36)17-24(40)37-15-21(39)16-37;1-6-21-24(34(5)26-33-23(22(15-30)40-26)18-7-9-19(29)10-8-18)37-17-20(16-31-25(37)32-21)35-11-13-36(14-12-35)27(38)39-28(2,3)4;1-3-18-21(32-14-17(13-27-22(32)28-18)31-10-8-26-9-11-31)30(2)23-29-20(19(12-25)33-23)15-4-6-16(24)7-5-15;6-1-5(9)7-2-4(8)3-7;/h4-7,13-14,21,39H,3,8-11,15-17H2,1-2H3;7-10,16-17H,6,11-14H2,1-5H3;4-7,13-14,26H,3,8-11H2,1-2H3;4,8H,1-3H2;1H. The van der Waals surface area contributed by atoms with E-state index in [0.29, 0.717) is 153 Å². The van der Waals surface area contributed by atoms with Crippen LogP contribution in [0.3, 0.4) is 0 Å². The van der Waals surface area contributed by atoms with Gasteiger partial charge in [0.25, 0.3) is 0 Å². The molecule has 0 aliphatic carbocycles. The zero-order chi connectivity index (χ0) is 87.1. The number of anilines is 9. The third-order valence-electron chi connectivity index (χ3n) is 21.3. The van der Waals surface area contributed by atoms with Gasteiger partial charge in [0, 0.05) is 161 Å². The molecule has 3 amide bonds. The van der Waals surface area contributed by atoms with Gasteiger partial charge in [-0.15, -0.1) is 24.0 Å². The molecule has 0 bridgehead atoms. The summed E-state index contributed by atoms with van der Waals surface area (Å²) >= 11 is 9.08. The number of carbonyl (C=O) groups excluding carboxylic acids is 3. The van der Waals surface area contributed by atoms with Crippen LogP contribution in [0.25, 0.3) is 51.1 Å². The van der Waals surface area contributed by atoms with Gasteiger partial charge in [0.15, 0.2) is 15.4 Å². The van der Waals surface area contributed by atoms with Gasteiger partial charge in [0.1, 0.15) is 96.3 Å². The molecule has 0 spiro atoms. The molecular weight excluding hydrogens is 1690 g/mol. The van der Waals surface area contributed by atoms with Gasteiger partial charge in [-0.2, -0.15) is 15.8 Å². The average molecular weight is 1790 g/mol. The summed E-state index contributed by atoms with van der Waals surface area (Å²) < 4.78 is 51.8. The van der Waals surface area contributed by atoms with Gasteiger partial charge < -0.3 is 64.4 Å². The fraction of sp³-hybridized carbons (Fsp3) is 0.393. The van der Waals surface area contributed by atoms with Crippen molar-refractivity contribution in [1.29, 1.82) is 15.8 Å². The molecule has 9 aromatic heterocycles. The lowest BCUT2D eigenvalue weighted by Gasteiger charge is -2.39. The molecule has 0 saturated carbocycles. The van der Waals surface area contributed by atoms with Gasteiger partial charge in [0.05, 0.1) is 71.5 Å². The second-order valence-corrected chi connectivity index (χ2v) is 33.9. The number of benzene rings is 3. The third-order valence-corrected chi connectivity index (χ3v) is 24.6. The van der Waals surface area contributed by atoms with Crippen LogP contribution in [-0.2, 0) is 33.6 Å². The number of imidazole rings is 3. The number of β-amino-alcohol motifs (C(OH)–C–C–N with tert-alkyl or cyclic N) is 2. The minimum Gasteiger partial charge on any atom is -0.444 e. The number of aryl methyl sites for hydroxylation is 3. The number of fused-ring (bicyclic) bond motifs is 3. The minimum absolute atomic E-state index is 0. The summed E-state index contributed by atoms with van der Waals surface area (Å²) in [5.41, 5.74) is 8.63. The summed E-state index contributed by atoms with van der Waals surface area (Å²) in [6.45, 7) is 23.0. The quantitative estimate of drug-likeness (QED) is 0.0672. The van der Waals surface area contributed by atoms with Gasteiger partial charge in [-0.3, -0.25) is 27.7 Å². The number of rotatable bonds is 18. The van der Waals surface area contributed by atoms with Crippen LogP contribution in [0.15, 0.2) is 110 Å². The molecule has 14 heterocycles. The topological polar surface area (TPSA) is 346 Å². The summed E-state index contributed by atoms with van der Waals surface area (Å²) in [6.07, 6.45) is 12.7. The monoisotopic (exact) mass is 1780 g/mol. The summed E-state index contributed by atoms with van der Waals surface area (Å²) in [5, 5.41) is 52.7. The maximum atomic E-state index is 13.5. The Bertz CT molecular complexity index is 5930. The van der Waals surface area contributed by atoms with Crippen molar-refractivity contribution in [2.45, 2.75) is 78.6 Å². The lowest BCUT2D eigenvalue weighted by Crippen LogP contribution is -2.57. The van der Waals surface area contributed by atoms with Crippen molar-refractivity contribution in [1.82, 2.24) is 83.0 Å². The SMILES string of the molecule is CCc1nc2ncc(N3CCN(C(=O)OC(C)(C)C)CC3)cn2c1N(C)c1nc(-c2ccc(F)cc2)c(C#N)s1.CCc1nc2ncc(N3CCN(CC(=O)N4CC(O)C4)CC3)cn2c1N(C)c1nc(-c2ccc(F)cc2)c(C#N)s1.CCc1nc2ncc(N3CCNCC3)cn2c1N(C)c1nc(-c2ccc(F)cc2)c(C#N)s1.Cl.O=C(CCl)N1CC(O)C1. The van der Waals surface area contributed by atoms with E-state index in [1.165, 1.54) is 75.3 Å². The predicted molar refractivity (Wildman–Crippen MR) is 475 cm³/mol. The van der Waals surface area contributed by atoms with Crippen LogP contribution in [-0.4, -0.2) is 262 Å². The molecule has 0 atom stereocenters. The summed E-state index contributed by atoms with van der Waals surface area (Å²) in [4.78, 5) is 99.0. The number of piperazine rings is 3. The zero-order valence-corrected chi connectivity index (χ0v) is 73.8. The number of halogens is 5. The number of amides is 3. The Kier molecular flexibility index (Phi) is 28.5. The second-order valence-electron chi connectivity index (χ2n) is 30.7. The van der Waals surface area contributed by atoms with Crippen LogP contribution >= 0.6 is 58.0 Å². The molecule has 40 heteroatoms. The molecule has 5 fully saturated rings. The fourth-order valence-electron chi connectivity index (χ4n) is 14.7. The zero-order valence-electron chi connectivity index (χ0n) is 69.7. The minimum atomic E-state index is -0.533. The molecule has 32 nitrogen and oxygen atoms in total. The molecule has 648 valence electrons. The number of nitriles is 3. The smallest absolute Gasteiger partial charge is 0.410 e. The van der Waals surface area contributed by atoms with Crippen LogP contribution in [0.2, 0.25) is 0 Å². The molecule has 3 N–H and O–H groups in total. The largest absolute Gasteiger partial charge is 0.444 e. The number of ether oxygens (including phenoxy) is 1. The molecule has 12 aromatic rings. The first-order chi connectivity index (χ1) is 59.2. The highest BCUT2D eigenvalue weighted by atomic mass is 35.5. The van der Waals surface area contributed by atoms with E-state index in [1.807, 2.05) is 108 Å². The summed E-state index contributed by atoms with van der Waals surface area (Å²) in [6, 6.07) is 24.7. The first kappa shape index (κ1) is 89.8. The number of hydrogen-bond acceptors (Lipinski definition) is 29. The maximum absolute atomic E-state index is 13.5. The molecule has 124 heavy (non-hydrogen) atoms. The number of likely N-dealkylation sites (tertiary alicyclic amines) is 2. The average Bonchev–Trinajstić information content (AvgIpc) is 1.62. The number of thiazole rings is 3. The van der Waals surface area contributed by atoms with Crippen molar-refractivity contribution in [3.8, 4) is 52.0 Å². The number of hydrogen-bond donors (Lipinski definition) is 3. The number of aromatic nitrogens is 12. The fourth-order valence-corrected chi connectivity index (χ4v) is 17.4. The van der Waals surface area contributed by atoms with E-state index in [9.17, 15) is 48.4 Å². The Morgan fingerprint density at radius 2 is 0.823 bits per heavy atom. The molecular formula is C84H93Cl2F3N26O6S3. The van der Waals surface area contributed by atoms with E-state index in [-0.39, 0.29) is 65.9 Å². The van der Waals surface area contributed by atoms with Crippen LogP contribution < -0.4 is 34.7 Å². The molecule has 0 unspecified atom stereocenters. The molecule has 0 radical (unpaired) electrons. The number of nitrogens with one attached hydrogen (secondary N) is 1. The van der Waals surface area contributed by atoms with Gasteiger partial charge in [0.2, 0.25) is 29.1 Å². The maximum Gasteiger partial charge on any atom is 0.410 e. The highest BCUT2D eigenvalue weighted by Crippen LogP contribution is 2.42. The van der Waals surface area contributed by atoms with Crippen LogP contribution in [0, 0.1) is 51.4 Å². The Labute approximate surface area is 737 Å². The first-order valence-corrected chi connectivity index (χ1v) is 43.2. The van der Waals surface area contributed by atoms with Crippen LogP contribution in [0.4, 0.5) is 67.9 Å². The van der Waals surface area contributed by atoms with Crippen LogP contribution in [0.1, 0.15) is 73.3 Å². The van der Waals surface area contributed by atoms with E-state index in [0.717, 1.165) is 110 Å². The van der Waals surface area contributed by atoms with Gasteiger partial charge >= 0.3 is 6.09 Å². The first-order valence-electron chi connectivity index (χ1n) is 40.2. The summed E-state index contributed by atoms with van der Waals surface area (Å²) in [7, 11) is 5.72. The van der Waals surface area contributed by atoms with E-state index in [2.05, 4.69) is 71.2 Å². The third kappa shape index (κ3) is 20.0. The van der Waals surface area contributed by atoms with Gasteiger partial charge in [-0.25, -0.2) is 62.8 Å². The summed E-state index contributed by atoms with van der Waals surface area (Å²) in [5.74, 6) is 3.25.